The Kier molecular flexibility index (Phi) is 4.88. The van der Waals surface area contributed by atoms with Gasteiger partial charge in [-0.05, 0) is 31.0 Å². The molecule has 0 heterocycles. The van der Waals surface area contributed by atoms with E-state index in [9.17, 15) is 17.6 Å². The highest BCUT2D eigenvalue weighted by Crippen LogP contribution is 2.23. The van der Waals surface area contributed by atoms with Gasteiger partial charge in [0, 0.05) is 13.1 Å². The van der Waals surface area contributed by atoms with Gasteiger partial charge in [-0.15, -0.1) is 0 Å². The van der Waals surface area contributed by atoms with Crippen molar-refractivity contribution in [1.29, 1.82) is 0 Å². The number of sulfonamides is 1. The van der Waals surface area contributed by atoms with E-state index in [2.05, 4.69) is 0 Å². The highest BCUT2D eigenvalue weighted by Gasteiger charge is 2.30. The molecule has 0 saturated carbocycles. The number of halogens is 1. The van der Waals surface area contributed by atoms with Crippen molar-refractivity contribution in [2.24, 2.45) is 5.92 Å². The molecule has 1 unspecified atom stereocenters. The van der Waals surface area contributed by atoms with Crippen LogP contribution in [0.25, 0.3) is 0 Å². The van der Waals surface area contributed by atoms with Crippen LogP contribution in [0.4, 0.5) is 4.39 Å². The molecule has 0 radical (unpaired) electrons. The molecule has 0 spiro atoms. The van der Waals surface area contributed by atoms with E-state index in [0.29, 0.717) is 0 Å². The van der Waals surface area contributed by atoms with E-state index in [1.165, 1.54) is 7.05 Å². The molecular formula is C13H18FNO4S. The van der Waals surface area contributed by atoms with Crippen LogP contribution in [0.2, 0.25) is 0 Å². The quantitative estimate of drug-likeness (QED) is 0.904. The Morgan fingerprint density at radius 3 is 2.30 bits per heavy atom. The van der Waals surface area contributed by atoms with Gasteiger partial charge in [-0.1, -0.05) is 13.8 Å². The van der Waals surface area contributed by atoms with E-state index < -0.39 is 26.7 Å². The average Bonchev–Trinajstić information content (AvgIpc) is 2.36. The van der Waals surface area contributed by atoms with Crippen LogP contribution >= 0.6 is 0 Å². The van der Waals surface area contributed by atoms with Crippen LogP contribution in [0, 0.1) is 11.7 Å². The maximum Gasteiger partial charge on any atom is 0.335 e. The Hall–Kier alpha value is -1.47. The smallest absolute Gasteiger partial charge is 0.335 e. The molecule has 5 nitrogen and oxygen atoms in total. The van der Waals surface area contributed by atoms with Crippen molar-refractivity contribution >= 4 is 16.0 Å². The summed E-state index contributed by atoms with van der Waals surface area (Å²) in [6.07, 6.45) is 0. The van der Waals surface area contributed by atoms with Gasteiger partial charge >= 0.3 is 5.97 Å². The Bertz CT molecular complexity index is 613. The zero-order chi connectivity index (χ0) is 15.7. The topological polar surface area (TPSA) is 74.7 Å². The number of rotatable bonds is 5. The predicted octanol–water partition coefficient (Wildman–Crippen LogP) is 2.19. The molecule has 7 heteroatoms. The normalized spacial score (nSPS) is 13.8. The molecule has 1 rings (SSSR count). The average molecular weight is 303 g/mol. The van der Waals surface area contributed by atoms with Gasteiger partial charge in [0.25, 0.3) is 0 Å². The zero-order valence-corrected chi connectivity index (χ0v) is 12.6. The molecule has 1 N–H and O–H groups in total. The van der Waals surface area contributed by atoms with E-state index in [-0.39, 0.29) is 17.5 Å². The Morgan fingerprint density at radius 2 is 1.85 bits per heavy atom. The molecule has 1 aromatic rings. The second-order valence-corrected chi connectivity index (χ2v) is 6.92. The van der Waals surface area contributed by atoms with Crippen LogP contribution < -0.4 is 0 Å². The summed E-state index contributed by atoms with van der Waals surface area (Å²) in [4.78, 5) is 10.3. The van der Waals surface area contributed by atoms with Crippen LogP contribution in [0.15, 0.2) is 23.1 Å². The number of nitrogens with zero attached hydrogens (tertiary/aromatic N) is 1. The summed E-state index contributed by atoms with van der Waals surface area (Å²) in [5, 5.41) is 8.87. The predicted molar refractivity (Wildman–Crippen MR) is 72.6 cm³/mol. The van der Waals surface area contributed by atoms with Gasteiger partial charge < -0.3 is 5.11 Å². The first-order valence-electron chi connectivity index (χ1n) is 6.10. The highest BCUT2D eigenvalue weighted by molar-refractivity contribution is 7.89. The minimum atomic E-state index is -4.07. The molecule has 0 fully saturated rings. The molecule has 20 heavy (non-hydrogen) atoms. The summed E-state index contributed by atoms with van der Waals surface area (Å²) in [7, 11) is -2.72. The highest BCUT2D eigenvalue weighted by atomic mass is 32.2. The summed E-state index contributed by atoms with van der Waals surface area (Å²) in [5.41, 5.74) is -0.268. The van der Waals surface area contributed by atoms with Crippen LogP contribution in [-0.2, 0) is 10.0 Å². The molecule has 112 valence electrons. The number of carbonyl (C=O) groups is 1. The Balaban J connectivity index is 3.35. The summed E-state index contributed by atoms with van der Waals surface area (Å²) >= 11 is 0. The number of carboxylic acids is 1. The van der Waals surface area contributed by atoms with Crippen molar-refractivity contribution in [1.82, 2.24) is 4.31 Å². The maximum absolute atomic E-state index is 13.8. The Morgan fingerprint density at radius 1 is 1.30 bits per heavy atom. The van der Waals surface area contributed by atoms with Crippen LogP contribution in [0.1, 0.15) is 31.1 Å². The fourth-order valence-corrected chi connectivity index (χ4v) is 3.21. The first kappa shape index (κ1) is 16.6. The number of hydrogen-bond acceptors (Lipinski definition) is 3. The molecule has 0 aliphatic rings. The number of aromatic carboxylic acids is 1. The van der Waals surface area contributed by atoms with E-state index in [1.54, 1.807) is 6.92 Å². The fraction of sp³-hybridized carbons (Fsp3) is 0.462. The molecule has 0 amide bonds. The van der Waals surface area contributed by atoms with Crippen molar-refractivity contribution in [3.8, 4) is 0 Å². The second-order valence-electron chi connectivity index (χ2n) is 4.96. The third kappa shape index (κ3) is 3.16. The van der Waals surface area contributed by atoms with E-state index in [4.69, 9.17) is 5.11 Å². The van der Waals surface area contributed by atoms with Gasteiger partial charge in [-0.25, -0.2) is 17.6 Å². The third-order valence-electron chi connectivity index (χ3n) is 3.37. The van der Waals surface area contributed by atoms with Gasteiger partial charge in [0.05, 0.1) is 5.56 Å². The van der Waals surface area contributed by atoms with Crippen molar-refractivity contribution in [2.45, 2.75) is 31.7 Å². The fourth-order valence-electron chi connectivity index (χ4n) is 1.63. The second kappa shape index (κ2) is 5.88. The standard InChI is InChI=1S/C13H18FNO4S/c1-8(2)9(3)15(4)20(18,19)12-7-10(13(16)17)5-6-11(12)14/h5-9H,1-4H3,(H,16,17). The lowest BCUT2D eigenvalue weighted by atomic mass is 10.1. The number of carboxylic acid groups (broad SMARTS) is 1. The largest absolute Gasteiger partial charge is 0.478 e. The maximum atomic E-state index is 13.8. The summed E-state index contributed by atoms with van der Waals surface area (Å²) in [6.45, 7) is 5.41. The number of benzene rings is 1. The lowest BCUT2D eigenvalue weighted by molar-refractivity contribution is 0.0696. The minimum absolute atomic E-state index is 0.0421. The summed E-state index contributed by atoms with van der Waals surface area (Å²) < 4.78 is 39.5. The molecule has 0 aliphatic carbocycles. The van der Waals surface area contributed by atoms with Gasteiger partial charge in [0.1, 0.15) is 10.7 Å². The SMILES string of the molecule is CC(C)C(C)N(C)S(=O)(=O)c1cc(C(=O)O)ccc1F. The number of hydrogen-bond donors (Lipinski definition) is 1. The van der Waals surface area contributed by atoms with Crippen LogP contribution in [0.3, 0.4) is 0 Å². The monoisotopic (exact) mass is 303 g/mol. The lowest BCUT2D eigenvalue weighted by Crippen LogP contribution is -2.38. The molecule has 1 atom stereocenters. The van der Waals surface area contributed by atoms with E-state index in [0.717, 1.165) is 22.5 Å². The van der Waals surface area contributed by atoms with Gasteiger partial charge in [0.2, 0.25) is 10.0 Å². The minimum Gasteiger partial charge on any atom is -0.478 e. The molecule has 0 aliphatic heterocycles. The Labute approximate surface area is 118 Å². The molecule has 0 saturated heterocycles. The first-order valence-corrected chi connectivity index (χ1v) is 7.54. The van der Waals surface area contributed by atoms with Crippen molar-refractivity contribution in [3.63, 3.8) is 0 Å². The van der Waals surface area contributed by atoms with Gasteiger partial charge in [-0.3, -0.25) is 0 Å². The van der Waals surface area contributed by atoms with E-state index >= 15 is 0 Å². The first-order chi connectivity index (χ1) is 9.09. The van der Waals surface area contributed by atoms with E-state index in [1.807, 2.05) is 13.8 Å². The van der Waals surface area contributed by atoms with Crippen LogP contribution in [-0.4, -0.2) is 36.9 Å². The third-order valence-corrected chi connectivity index (χ3v) is 5.33. The summed E-state index contributed by atoms with van der Waals surface area (Å²) in [5.74, 6) is -2.22. The van der Waals surface area contributed by atoms with Crippen molar-refractivity contribution in [2.75, 3.05) is 7.05 Å². The zero-order valence-electron chi connectivity index (χ0n) is 11.8. The van der Waals surface area contributed by atoms with Crippen molar-refractivity contribution < 1.29 is 22.7 Å². The molecule has 1 aromatic carbocycles. The lowest BCUT2D eigenvalue weighted by Gasteiger charge is -2.27. The molecule has 0 bridgehead atoms. The summed E-state index contributed by atoms with van der Waals surface area (Å²) in [6, 6.07) is 2.39. The van der Waals surface area contributed by atoms with Gasteiger partial charge in [-0.2, -0.15) is 4.31 Å². The molecule has 0 aromatic heterocycles. The van der Waals surface area contributed by atoms with Crippen LogP contribution in [0.5, 0.6) is 0 Å². The van der Waals surface area contributed by atoms with Crippen molar-refractivity contribution in [3.05, 3.63) is 29.6 Å². The molecular weight excluding hydrogens is 285 g/mol. The van der Waals surface area contributed by atoms with Gasteiger partial charge in [0.15, 0.2) is 0 Å².